The summed E-state index contributed by atoms with van der Waals surface area (Å²) >= 11 is 0. The Morgan fingerprint density at radius 3 is 2.25 bits per heavy atom. The van der Waals surface area contributed by atoms with Crippen LogP contribution in [-0.4, -0.2) is 24.7 Å². The van der Waals surface area contributed by atoms with Crippen molar-refractivity contribution >= 4 is 11.0 Å². The first-order valence-corrected chi connectivity index (χ1v) is 9.08. The van der Waals surface area contributed by atoms with Crippen molar-refractivity contribution in [3.8, 4) is 5.95 Å². The Hall–Kier alpha value is -3.48. The standard InChI is InChI=1S/C21H21N5O2/c1-11-5-7-15(8-6-11)10-16-14(4)24-19-17(18(16)27)20(28)26(25-19)21-22-12(2)9-13(3)23-21/h5-9H,10H2,1-4H3,(H2,24,25,27). The number of pyridine rings is 1. The number of H-pyrrole nitrogens is 2. The molecule has 0 saturated heterocycles. The summed E-state index contributed by atoms with van der Waals surface area (Å²) in [6, 6.07) is 9.84. The third kappa shape index (κ3) is 3.05. The minimum Gasteiger partial charge on any atom is -0.343 e. The fourth-order valence-electron chi connectivity index (χ4n) is 3.39. The summed E-state index contributed by atoms with van der Waals surface area (Å²) in [5.41, 5.74) is 4.64. The van der Waals surface area contributed by atoms with Crippen LogP contribution in [0.5, 0.6) is 0 Å². The fourth-order valence-corrected chi connectivity index (χ4v) is 3.39. The highest BCUT2D eigenvalue weighted by molar-refractivity contribution is 5.75. The Bertz CT molecular complexity index is 1290. The van der Waals surface area contributed by atoms with Gasteiger partial charge in [-0.2, -0.15) is 4.68 Å². The molecule has 3 heterocycles. The predicted molar refractivity (Wildman–Crippen MR) is 108 cm³/mol. The summed E-state index contributed by atoms with van der Waals surface area (Å²) in [6.07, 6.45) is 0.460. The predicted octanol–water partition coefficient (Wildman–Crippen LogP) is 2.62. The molecule has 28 heavy (non-hydrogen) atoms. The van der Waals surface area contributed by atoms with Crippen LogP contribution >= 0.6 is 0 Å². The van der Waals surface area contributed by atoms with E-state index in [9.17, 15) is 9.59 Å². The molecule has 0 fully saturated rings. The molecule has 0 aliphatic carbocycles. The number of aromatic amines is 2. The Morgan fingerprint density at radius 2 is 1.61 bits per heavy atom. The molecule has 0 aliphatic rings. The summed E-state index contributed by atoms with van der Waals surface area (Å²) in [5.74, 6) is 0.226. The molecule has 0 atom stereocenters. The van der Waals surface area contributed by atoms with Gasteiger partial charge in [0.2, 0.25) is 0 Å². The van der Waals surface area contributed by atoms with Crippen LogP contribution < -0.4 is 11.0 Å². The summed E-state index contributed by atoms with van der Waals surface area (Å²) in [6.45, 7) is 7.53. The van der Waals surface area contributed by atoms with Crippen molar-refractivity contribution in [2.45, 2.75) is 34.1 Å². The SMILES string of the molecule is Cc1ccc(Cc2c(C)[nH]c3[nH]n(-c4nc(C)cc(C)n4)c(=O)c3c2=O)cc1. The number of hydrogen-bond acceptors (Lipinski definition) is 4. The molecule has 0 unspecified atom stereocenters. The zero-order valence-electron chi connectivity index (χ0n) is 16.3. The van der Waals surface area contributed by atoms with Crippen molar-refractivity contribution in [2.24, 2.45) is 0 Å². The van der Waals surface area contributed by atoms with E-state index >= 15 is 0 Å². The molecule has 0 bridgehead atoms. The smallest absolute Gasteiger partial charge is 0.287 e. The zero-order chi connectivity index (χ0) is 20.0. The van der Waals surface area contributed by atoms with Gasteiger partial charge in [-0.3, -0.25) is 14.7 Å². The fraction of sp³-hybridized carbons (Fsp3) is 0.238. The largest absolute Gasteiger partial charge is 0.343 e. The van der Waals surface area contributed by atoms with Crippen molar-refractivity contribution < 1.29 is 0 Å². The Labute approximate surface area is 161 Å². The second-order valence-corrected chi connectivity index (χ2v) is 7.17. The van der Waals surface area contributed by atoms with Crippen molar-refractivity contribution in [1.29, 1.82) is 0 Å². The number of aromatic nitrogens is 5. The van der Waals surface area contributed by atoms with Crippen LogP contribution in [0.3, 0.4) is 0 Å². The molecule has 7 heteroatoms. The van der Waals surface area contributed by atoms with Crippen LogP contribution in [0.15, 0.2) is 39.9 Å². The lowest BCUT2D eigenvalue weighted by molar-refractivity contribution is 0.777. The molecule has 4 rings (SSSR count). The van der Waals surface area contributed by atoms with Crippen LogP contribution in [0.1, 0.15) is 33.8 Å². The number of nitrogens with zero attached hydrogens (tertiary/aromatic N) is 3. The summed E-state index contributed by atoms with van der Waals surface area (Å²) in [7, 11) is 0. The molecule has 0 aliphatic heterocycles. The van der Waals surface area contributed by atoms with E-state index in [0.717, 1.165) is 28.2 Å². The zero-order valence-corrected chi connectivity index (χ0v) is 16.3. The molecule has 7 nitrogen and oxygen atoms in total. The number of fused-ring (bicyclic) bond motifs is 1. The van der Waals surface area contributed by atoms with Gasteiger partial charge in [-0.05, 0) is 39.3 Å². The van der Waals surface area contributed by atoms with Gasteiger partial charge in [-0.25, -0.2) is 9.97 Å². The van der Waals surface area contributed by atoms with Crippen molar-refractivity contribution in [2.75, 3.05) is 0 Å². The van der Waals surface area contributed by atoms with Crippen molar-refractivity contribution in [3.05, 3.63) is 84.7 Å². The van der Waals surface area contributed by atoms with Crippen LogP contribution in [0.2, 0.25) is 0 Å². The Kier molecular flexibility index (Phi) is 4.22. The third-order valence-electron chi connectivity index (χ3n) is 4.83. The molecule has 0 saturated carbocycles. The summed E-state index contributed by atoms with van der Waals surface area (Å²) < 4.78 is 1.22. The van der Waals surface area contributed by atoms with E-state index in [-0.39, 0.29) is 16.8 Å². The number of aryl methyl sites for hydroxylation is 4. The van der Waals surface area contributed by atoms with E-state index in [4.69, 9.17) is 0 Å². The first-order valence-electron chi connectivity index (χ1n) is 9.08. The van der Waals surface area contributed by atoms with Crippen molar-refractivity contribution in [1.82, 2.24) is 24.7 Å². The maximum Gasteiger partial charge on any atom is 0.287 e. The van der Waals surface area contributed by atoms with Gasteiger partial charge < -0.3 is 4.98 Å². The molecule has 0 spiro atoms. The monoisotopic (exact) mass is 375 g/mol. The molecule has 0 radical (unpaired) electrons. The van der Waals surface area contributed by atoms with Crippen LogP contribution in [0.25, 0.3) is 17.0 Å². The Morgan fingerprint density at radius 1 is 0.964 bits per heavy atom. The van der Waals surface area contributed by atoms with Gasteiger partial charge in [0, 0.05) is 29.1 Å². The van der Waals surface area contributed by atoms with Crippen LogP contribution in [0, 0.1) is 27.7 Å². The number of rotatable bonds is 3. The maximum atomic E-state index is 13.1. The topological polar surface area (TPSA) is 96.4 Å². The minimum absolute atomic E-state index is 0.0930. The van der Waals surface area contributed by atoms with E-state index in [0.29, 0.717) is 17.6 Å². The third-order valence-corrected chi connectivity index (χ3v) is 4.83. The lowest BCUT2D eigenvalue weighted by Crippen LogP contribution is -2.22. The highest BCUT2D eigenvalue weighted by Crippen LogP contribution is 2.13. The highest BCUT2D eigenvalue weighted by Gasteiger charge is 2.18. The van der Waals surface area contributed by atoms with E-state index in [1.165, 1.54) is 4.68 Å². The molecule has 3 aromatic heterocycles. The van der Waals surface area contributed by atoms with E-state index in [2.05, 4.69) is 20.1 Å². The van der Waals surface area contributed by atoms with Crippen LogP contribution in [-0.2, 0) is 6.42 Å². The lowest BCUT2D eigenvalue weighted by atomic mass is 10.0. The average Bonchev–Trinajstić information content (AvgIpc) is 2.96. The maximum absolute atomic E-state index is 13.1. The first-order chi connectivity index (χ1) is 13.3. The van der Waals surface area contributed by atoms with E-state index in [1.807, 2.05) is 58.0 Å². The van der Waals surface area contributed by atoms with Gasteiger partial charge in [0.1, 0.15) is 11.0 Å². The molecule has 2 N–H and O–H groups in total. The van der Waals surface area contributed by atoms with Crippen LogP contribution in [0.4, 0.5) is 0 Å². The summed E-state index contributed by atoms with van der Waals surface area (Å²) in [4.78, 5) is 37.9. The highest BCUT2D eigenvalue weighted by atomic mass is 16.1. The van der Waals surface area contributed by atoms with Gasteiger partial charge in [0.15, 0.2) is 5.43 Å². The quantitative estimate of drug-likeness (QED) is 0.575. The molecule has 142 valence electrons. The second-order valence-electron chi connectivity index (χ2n) is 7.17. The van der Waals surface area contributed by atoms with Gasteiger partial charge >= 0.3 is 0 Å². The summed E-state index contributed by atoms with van der Waals surface area (Å²) in [5, 5.41) is 3.03. The second kappa shape index (κ2) is 6.60. The van der Waals surface area contributed by atoms with Crippen molar-refractivity contribution in [3.63, 3.8) is 0 Å². The van der Waals surface area contributed by atoms with E-state index in [1.54, 1.807) is 0 Å². The minimum atomic E-state index is -0.452. The first kappa shape index (κ1) is 17.9. The van der Waals surface area contributed by atoms with E-state index < -0.39 is 5.56 Å². The average molecular weight is 375 g/mol. The molecule has 0 amide bonds. The van der Waals surface area contributed by atoms with Gasteiger partial charge in [-0.15, -0.1) is 0 Å². The Balaban J connectivity index is 1.89. The van der Waals surface area contributed by atoms with Gasteiger partial charge in [0.05, 0.1) is 0 Å². The molecule has 4 aromatic rings. The van der Waals surface area contributed by atoms with Gasteiger partial charge in [0.25, 0.3) is 11.5 Å². The molecule has 1 aromatic carbocycles. The lowest BCUT2D eigenvalue weighted by Gasteiger charge is -2.06. The molecular weight excluding hydrogens is 354 g/mol. The normalized spacial score (nSPS) is 11.3. The number of benzene rings is 1. The molecular formula is C21H21N5O2. The number of nitrogens with one attached hydrogen (secondary N) is 2. The number of hydrogen-bond donors (Lipinski definition) is 2. The van der Waals surface area contributed by atoms with Gasteiger partial charge in [-0.1, -0.05) is 29.8 Å².